The molecule has 2 rings (SSSR count). The number of nitrogens with zero attached hydrogens (tertiary/aromatic N) is 6. The van der Waals surface area contributed by atoms with E-state index in [9.17, 15) is 0 Å². The maximum atomic E-state index is 5.63. The molecule has 19 heavy (non-hydrogen) atoms. The Labute approximate surface area is 110 Å². The number of aromatic nitrogens is 6. The summed E-state index contributed by atoms with van der Waals surface area (Å²) in [5, 5.41) is 7.00. The fourth-order valence-electron chi connectivity index (χ4n) is 1.39. The minimum atomic E-state index is 0.132. The van der Waals surface area contributed by atoms with Gasteiger partial charge < -0.3 is 15.8 Å². The third kappa shape index (κ3) is 3.85. The molecule has 9 heteroatoms. The lowest BCUT2D eigenvalue weighted by Gasteiger charge is -2.06. The molecule has 0 unspecified atom stereocenters. The number of anilines is 2. The van der Waals surface area contributed by atoms with E-state index in [4.69, 9.17) is 10.5 Å². The summed E-state index contributed by atoms with van der Waals surface area (Å²) in [6.45, 7) is 4.07. The molecule has 0 spiro atoms. The van der Waals surface area contributed by atoms with Gasteiger partial charge in [0.25, 0.3) is 5.95 Å². The van der Waals surface area contributed by atoms with E-state index in [0.717, 1.165) is 13.0 Å². The molecule has 0 radical (unpaired) electrons. The van der Waals surface area contributed by atoms with Crippen LogP contribution in [0.15, 0.2) is 12.7 Å². The van der Waals surface area contributed by atoms with Crippen LogP contribution >= 0.6 is 0 Å². The Hall–Kier alpha value is -2.29. The van der Waals surface area contributed by atoms with Crippen molar-refractivity contribution in [2.45, 2.75) is 13.3 Å². The minimum Gasteiger partial charge on any atom is -0.382 e. The molecule has 2 heterocycles. The zero-order valence-electron chi connectivity index (χ0n) is 10.7. The lowest BCUT2D eigenvalue weighted by Crippen LogP contribution is -2.13. The number of hydrogen-bond acceptors (Lipinski definition) is 8. The third-order valence-electron chi connectivity index (χ3n) is 2.22. The molecule has 3 N–H and O–H groups in total. The maximum absolute atomic E-state index is 5.63. The minimum absolute atomic E-state index is 0.132. The maximum Gasteiger partial charge on any atom is 0.258 e. The Morgan fingerprint density at radius 2 is 2.26 bits per heavy atom. The summed E-state index contributed by atoms with van der Waals surface area (Å²) < 4.78 is 6.66. The summed E-state index contributed by atoms with van der Waals surface area (Å²) >= 11 is 0. The molecule has 0 aliphatic rings. The largest absolute Gasteiger partial charge is 0.382 e. The Morgan fingerprint density at radius 1 is 1.37 bits per heavy atom. The standard InChI is InChI=1S/C10H16N8O/c1-2-19-5-3-4-13-9-15-8(11)16-10(17-9)18-7-12-6-14-18/h6-7H,2-5H2,1H3,(H3,11,13,15,16,17). The van der Waals surface area contributed by atoms with Crippen LogP contribution < -0.4 is 11.1 Å². The van der Waals surface area contributed by atoms with Gasteiger partial charge in [0.05, 0.1) is 0 Å². The van der Waals surface area contributed by atoms with Crippen molar-refractivity contribution < 1.29 is 4.74 Å². The van der Waals surface area contributed by atoms with Gasteiger partial charge >= 0.3 is 0 Å². The van der Waals surface area contributed by atoms with Gasteiger partial charge in [-0.05, 0) is 13.3 Å². The van der Waals surface area contributed by atoms with Crippen molar-refractivity contribution in [3.8, 4) is 5.95 Å². The van der Waals surface area contributed by atoms with Crippen molar-refractivity contribution in [3.05, 3.63) is 12.7 Å². The van der Waals surface area contributed by atoms with E-state index in [1.165, 1.54) is 17.3 Å². The summed E-state index contributed by atoms with van der Waals surface area (Å²) in [6, 6.07) is 0. The number of nitrogens with one attached hydrogen (secondary N) is 1. The number of hydrogen-bond donors (Lipinski definition) is 2. The van der Waals surface area contributed by atoms with Crippen molar-refractivity contribution in [1.82, 2.24) is 29.7 Å². The highest BCUT2D eigenvalue weighted by Crippen LogP contribution is 2.05. The lowest BCUT2D eigenvalue weighted by molar-refractivity contribution is 0.147. The quantitative estimate of drug-likeness (QED) is 0.664. The van der Waals surface area contributed by atoms with E-state index in [2.05, 4.69) is 30.4 Å². The second-order valence-electron chi connectivity index (χ2n) is 3.63. The third-order valence-corrected chi connectivity index (χ3v) is 2.22. The zero-order chi connectivity index (χ0) is 13.5. The van der Waals surface area contributed by atoms with Crippen LogP contribution in [-0.4, -0.2) is 49.5 Å². The van der Waals surface area contributed by atoms with Gasteiger partial charge in [0, 0.05) is 19.8 Å². The van der Waals surface area contributed by atoms with Gasteiger partial charge in [-0.2, -0.15) is 24.7 Å². The molecule has 0 fully saturated rings. The van der Waals surface area contributed by atoms with E-state index < -0.39 is 0 Å². The topological polar surface area (TPSA) is 117 Å². The van der Waals surface area contributed by atoms with Crippen LogP contribution in [0.25, 0.3) is 5.95 Å². The van der Waals surface area contributed by atoms with Gasteiger partial charge in [-0.1, -0.05) is 0 Å². The molecule has 2 aromatic rings. The van der Waals surface area contributed by atoms with E-state index in [1.54, 1.807) is 0 Å². The zero-order valence-corrected chi connectivity index (χ0v) is 10.7. The van der Waals surface area contributed by atoms with Crippen LogP contribution in [-0.2, 0) is 4.74 Å². The molecule has 9 nitrogen and oxygen atoms in total. The second-order valence-corrected chi connectivity index (χ2v) is 3.63. The van der Waals surface area contributed by atoms with Crippen LogP contribution in [0.3, 0.4) is 0 Å². The average molecular weight is 264 g/mol. The normalized spacial score (nSPS) is 10.6. The van der Waals surface area contributed by atoms with Gasteiger partial charge in [0.2, 0.25) is 11.9 Å². The SMILES string of the molecule is CCOCCCNc1nc(N)nc(-n2cncn2)n1. The van der Waals surface area contributed by atoms with E-state index >= 15 is 0 Å². The first-order valence-electron chi connectivity index (χ1n) is 5.97. The lowest BCUT2D eigenvalue weighted by atomic mass is 10.4. The number of nitrogen functional groups attached to an aromatic ring is 1. The summed E-state index contributed by atoms with van der Waals surface area (Å²) in [4.78, 5) is 16.0. The molecular formula is C10H16N8O. The first kappa shape index (κ1) is 13.1. The van der Waals surface area contributed by atoms with Gasteiger partial charge in [0.15, 0.2) is 0 Å². The average Bonchev–Trinajstić information content (AvgIpc) is 2.92. The van der Waals surface area contributed by atoms with Crippen molar-refractivity contribution in [2.75, 3.05) is 30.8 Å². The molecule has 0 amide bonds. The predicted molar refractivity (Wildman–Crippen MR) is 68.8 cm³/mol. The Kier molecular flexibility index (Phi) is 4.56. The molecule has 0 aromatic carbocycles. The van der Waals surface area contributed by atoms with Crippen LogP contribution in [0, 0.1) is 0 Å². The van der Waals surface area contributed by atoms with Crippen LogP contribution in [0.2, 0.25) is 0 Å². The number of ether oxygens (including phenoxy) is 1. The van der Waals surface area contributed by atoms with Crippen LogP contribution in [0.4, 0.5) is 11.9 Å². The summed E-state index contributed by atoms with van der Waals surface area (Å²) in [5.74, 6) is 0.875. The molecule has 0 saturated heterocycles. The van der Waals surface area contributed by atoms with E-state index in [0.29, 0.717) is 25.0 Å². The molecule has 102 valence electrons. The second kappa shape index (κ2) is 6.59. The van der Waals surface area contributed by atoms with Crippen molar-refractivity contribution in [2.24, 2.45) is 0 Å². The monoisotopic (exact) mass is 264 g/mol. The summed E-state index contributed by atoms with van der Waals surface area (Å²) in [7, 11) is 0. The predicted octanol–water partition coefficient (Wildman–Crippen LogP) is -0.127. The highest BCUT2D eigenvalue weighted by Gasteiger charge is 2.06. The molecular weight excluding hydrogens is 248 g/mol. The first-order valence-corrected chi connectivity index (χ1v) is 5.97. The summed E-state index contributed by atoms with van der Waals surface area (Å²) in [6.07, 6.45) is 3.75. The highest BCUT2D eigenvalue weighted by molar-refractivity contribution is 5.34. The van der Waals surface area contributed by atoms with Crippen molar-refractivity contribution in [3.63, 3.8) is 0 Å². The molecule has 0 aliphatic heterocycles. The van der Waals surface area contributed by atoms with Crippen molar-refractivity contribution >= 4 is 11.9 Å². The van der Waals surface area contributed by atoms with E-state index in [1.807, 2.05) is 6.92 Å². The Balaban J connectivity index is 1.97. The summed E-state index contributed by atoms with van der Waals surface area (Å²) in [5.41, 5.74) is 5.63. The van der Waals surface area contributed by atoms with E-state index in [-0.39, 0.29) is 5.95 Å². The molecule has 0 aliphatic carbocycles. The van der Waals surface area contributed by atoms with Crippen LogP contribution in [0.5, 0.6) is 0 Å². The first-order chi connectivity index (χ1) is 9.29. The Bertz CT molecular complexity index is 500. The highest BCUT2D eigenvalue weighted by atomic mass is 16.5. The smallest absolute Gasteiger partial charge is 0.258 e. The fraction of sp³-hybridized carbons (Fsp3) is 0.500. The molecule has 0 bridgehead atoms. The van der Waals surface area contributed by atoms with Gasteiger partial charge in [-0.3, -0.25) is 0 Å². The van der Waals surface area contributed by atoms with Crippen LogP contribution in [0.1, 0.15) is 13.3 Å². The van der Waals surface area contributed by atoms with Gasteiger partial charge in [-0.25, -0.2) is 4.98 Å². The molecule has 0 atom stereocenters. The fourth-order valence-corrected chi connectivity index (χ4v) is 1.39. The Morgan fingerprint density at radius 3 is 3.00 bits per heavy atom. The van der Waals surface area contributed by atoms with Gasteiger partial charge in [-0.15, -0.1) is 0 Å². The van der Waals surface area contributed by atoms with Gasteiger partial charge in [0.1, 0.15) is 12.7 Å². The molecule has 2 aromatic heterocycles. The number of nitrogens with two attached hydrogens (primary N) is 1. The number of rotatable bonds is 7. The van der Waals surface area contributed by atoms with Crippen molar-refractivity contribution in [1.29, 1.82) is 0 Å². The molecule has 0 saturated carbocycles.